The minimum absolute atomic E-state index is 0.168. The molecule has 26 heavy (non-hydrogen) atoms. The van der Waals surface area contributed by atoms with E-state index in [4.69, 9.17) is 21.1 Å². The minimum Gasteiger partial charge on any atom is -0.494 e. The van der Waals surface area contributed by atoms with Gasteiger partial charge in [0.05, 0.1) is 17.9 Å². The molecule has 0 aliphatic carbocycles. The van der Waals surface area contributed by atoms with Crippen LogP contribution in [-0.2, 0) is 9.53 Å². The van der Waals surface area contributed by atoms with Crippen molar-refractivity contribution < 1.29 is 19.1 Å². The van der Waals surface area contributed by atoms with Gasteiger partial charge in [-0.25, -0.2) is 9.78 Å². The number of benzene rings is 1. The third-order valence-electron chi connectivity index (χ3n) is 3.47. The molecule has 1 N–H and O–H groups in total. The van der Waals surface area contributed by atoms with Crippen LogP contribution in [0.3, 0.4) is 0 Å². The van der Waals surface area contributed by atoms with Crippen LogP contribution in [0.15, 0.2) is 42.6 Å². The molecule has 0 aliphatic heterocycles. The van der Waals surface area contributed by atoms with Crippen LogP contribution in [0.2, 0.25) is 5.15 Å². The molecular formula is C19H21ClN2O4. The normalized spacial score (nSPS) is 10.2. The number of nitrogens with one attached hydrogen (secondary N) is 1. The summed E-state index contributed by atoms with van der Waals surface area (Å²) < 4.78 is 10.6. The molecule has 1 heterocycles. The van der Waals surface area contributed by atoms with Crippen LogP contribution in [0.4, 0.5) is 5.69 Å². The lowest BCUT2D eigenvalue weighted by molar-refractivity contribution is -0.119. The number of pyridine rings is 1. The molecule has 1 aromatic heterocycles. The standard InChI is InChI=1S/C19H21ClN2O4/c1-2-3-4-12-25-15-9-7-14(8-10-15)19(24)26-13-17(23)22-16-6-5-11-21-18(16)20/h5-11H,2-4,12-13H2,1H3,(H,22,23). The maximum atomic E-state index is 12.0. The summed E-state index contributed by atoms with van der Waals surface area (Å²) in [6, 6.07) is 9.87. The molecule has 0 unspecified atom stereocenters. The minimum atomic E-state index is -0.588. The molecule has 2 rings (SSSR count). The number of ether oxygens (including phenoxy) is 2. The Morgan fingerprint density at radius 3 is 2.62 bits per heavy atom. The topological polar surface area (TPSA) is 77.5 Å². The molecule has 0 radical (unpaired) electrons. The fraction of sp³-hybridized carbons (Fsp3) is 0.316. The highest BCUT2D eigenvalue weighted by molar-refractivity contribution is 6.32. The van der Waals surface area contributed by atoms with Crippen molar-refractivity contribution in [1.29, 1.82) is 0 Å². The number of rotatable bonds is 9. The number of carbonyl (C=O) groups is 2. The first-order chi connectivity index (χ1) is 12.6. The van der Waals surface area contributed by atoms with Gasteiger partial charge in [0.15, 0.2) is 11.8 Å². The first-order valence-electron chi connectivity index (χ1n) is 8.40. The Morgan fingerprint density at radius 1 is 1.15 bits per heavy atom. The predicted octanol–water partition coefficient (Wildman–Crippen LogP) is 4.10. The van der Waals surface area contributed by atoms with Gasteiger partial charge in [0.2, 0.25) is 0 Å². The lowest BCUT2D eigenvalue weighted by atomic mass is 10.2. The summed E-state index contributed by atoms with van der Waals surface area (Å²) in [6.45, 7) is 2.36. The van der Waals surface area contributed by atoms with E-state index in [1.54, 1.807) is 36.4 Å². The van der Waals surface area contributed by atoms with Gasteiger partial charge in [0.1, 0.15) is 5.75 Å². The zero-order chi connectivity index (χ0) is 18.8. The van der Waals surface area contributed by atoms with Crippen molar-refractivity contribution >= 4 is 29.2 Å². The number of hydrogen-bond acceptors (Lipinski definition) is 5. The van der Waals surface area contributed by atoms with Crippen LogP contribution in [0, 0.1) is 0 Å². The van der Waals surface area contributed by atoms with Gasteiger partial charge in [-0.15, -0.1) is 0 Å². The third-order valence-corrected chi connectivity index (χ3v) is 3.78. The van der Waals surface area contributed by atoms with E-state index in [1.165, 1.54) is 6.20 Å². The summed E-state index contributed by atoms with van der Waals surface area (Å²) in [5.41, 5.74) is 0.706. The molecule has 0 fully saturated rings. The summed E-state index contributed by atoms with van der Waals surface area (Å²) >= 11 is 5.85. The van der Waals surface area contributed by atoms with Gasteiger partial charge in [0.25, 0.3) is 5.91 Å². The van der Waals surface area contributed by atoms with E-state index in [-0.39, 0.29) is 5.15 Å². The van der Waals surface area contributed by atoms with Crippen molar-refractivity contribution in [1.82, 2.24) is 4.98 Å². The summed E-state index contributed by atoms with van der Waals surface area (Å²) in [5, 5.41) is 2.70. The molecular weight excluding hydrogens is 356 g/mol. The fourth-order valence-electron chi connectivity index (χ4n) is 2.11. The van der Waals surface area contributed by atoms with Gasteiger partial charge in [-0.1, -0.05) is 31.4 Å². The second kappa shape index (κ2) is 10.4. The van der Waals surface area contributed by atoms with E-state index in [9.17, 15) is 9.59 Å². The van der Waals surface area contributed by atoms with Gasteiger partial charge >= 0.3 is 5.97 Å². The Morgan fingerprint density at radius 2 is 1.92 bits per heavy atom. The average Bonchev–Trinajstić information content (AvgIpc) is 2.66. The summed E-state index contributed by atoms with van der Waals surface area (Å²) in [6.07, 6.45) is 4.76. The van der Waals surface area contributed by atoms with E-state index in [0.29, 0.717) is 23.6 Å². The maximum Gasteiger partial charge on any atom is 0.338 e. The summed E-state index contributed by atoms with van der Waals surface area (Å²) in [5.74, 6) is -0.388. The van der Waals surface area contributed by atoms with E-state index in [0.717, 1.165) is 19.3 Å². The summed E-state index contributed by atoms with van der Waals surface area (Å²) in [7, 11) is 0. The van der Waals surface area contributed by atoms with Crippen LogP contribution in [-0.4, -0.2) is 30.1 Å². The van der Waals surface area contributed by atoms with E-state index in [2.05, 4.69) is 17.2 Å². The molecule has 0 bridgehead atoms. The first-order valence-corrected chi connectivity index (χ1v) is 8.78. The Bertz CT molecular complexity index is 735. The molecule has 138 valence electrons. The van der Waals surface area contributed by atoms with Crippen LogP contribution in [0.25, 0.3) is 0 Å². The van der Waals surface area contributed by atoms with Gasteiger partial charge in [-0.05, 0) is 42.8 Å². The molecule has 0 saturated heterocycles. The van der Waals surface area contributed by atoms with Crippen molar-refractivity contribution in [3.05, 3.63) is 53.3 Å². The highest BCUT2D eigenvalue weighted by atomic mass is 35.5. The molecule has 0 aliphatic rings. The fourth-order valence-corrected chi connectivity index (χ4v) is 2.28. The number of amides is 1. The largest absolute Gasteiger partial charge is 0.494 e. The molecule has 0 saturated carbocycles. The first kappa shape index (κ1) is 19.7. The molecule has 2 aromatic rings. The van der Waals surface area contributed by atoms with Crippen molar-refractivity contribution in [2.75, 3.05) is 18.5 Å². The maximum absolute atomic E-state index is 12.0. The number of hydrogen-bond donors (Lipinski definition) is 1. The molecule has 0 spiro atoms. The number of anilines is 1. The Kier molecular flexibility index (Phi) is 7.89. The van der Waals surface area contributed by atoms with Gasteiger partial charge in [0, 0.05) is 6.20 Å². The van der Waals surface area contributed by atoms with Gasteiger partial charge < -0.3 is 14.8 Å². The molecule has 1 amide bonds. The van der Waals surface area contributed by atoms with Crippen molar-refractivity contribution in [3.8, 4) is 5.75 Å². The van der Waals surface area contributed by atoms with Crippen molar-refractivity contribution in [2.45, 2.75) is 26.2 Å². The predicted molar refractivity (Wildman–Crippen MR) is 99.6 cm³/mol. The van der Waals surface area contributed by atoms with E-state index < -0.39 is 18.5 Å². The Labute approximate surface area is 157 Å². The van der Waals surface area contributed by atoms with E-state index >= 15 is 0 Å². The highest BCUT2D eigenvalue weighted by Gasteiger charge is 2.12. The van der Waals surface area contributed by atoms with Crippen LogP contribution < -0.4 is 10.1 Å². The smallest absolute Gasteiger partial charge is 0.338 e. The lowest BCUT2D eigenvalue weighted by Gasteiger charge is -2.08. The highest BCUT2D eigenvalue weighted by Crippen LogP contribution is 2.17. The van der Waals surface area contributed by atoms with Crippen LogP contribution in [0.1, 0.15) is 36.5 Å². The third kappa shape index (κ3) is 6.37. The number of aromatic nitrogens is 1. The Hall–Kier alpha value is -2.60. The quantitative estimate of drug-likeness (QED) is 0.405. The van der Waals surface area contributed by atoms with Gasteiger partial charge in [-0.2, -0.15) is 0 Å². The number of halogens is 1. The molecule has 7 heteroatoms. The second-order valence-electron chi connectivity index (χ2n) is 5.55. The zero-order valence-corrected chi connectivity index (χ0v) is 15.3. The zero-order valence-electron chi connectivity index (χ0n) is 14.5. The van der Waals surface area contributed by atoms with Crippen LogP contribution >= 0.6 is 11.6 Å². The lowest BCUT2D eigenvalue weighted by Crippen LogP contribution is -2.21. The van der Waals surface area contributed by atoms with Crippen molar-refractivity contribution in [3.63, 3.8) is 0 Å². The number of nitrogens with zero attached hydrogens (tertiary/aromatic N) is 1. The van der Waals surface area contributed by atoms with E-state index in [1.807, 2.05) is 0 Å². The molecule has 0 atom stereocenters. The van der Waals surface area contributed by atoms with Crippen molar-refractivity contribution in [2.24, 2.45) is 0 Å². The Balaban J connectivity index is 1.78. The summed E-state index contributed by atoms with van der Waals surface area (Å²) in [4.78, 5) is 27.7. The van der Waals surface area contributed by atoms with Gasteiger partial charge in [-0.3, -0.25) is 4.79 Å². The number of esters is 1. The second-order valence-corrected chi connectivity index (χ2v) is 5.90. The molecule has 6 nitrogen and oxygen atoms in total. The molecule has 1 aromatic carbocycles. The van der Waals surface area contributed by atoms with Crippen LogP contribution in [0.5, 0.6) is 5.75 Å². The SMILES string of the molecule is CCCCCOc1ccc(C(=O)OCC(=O)Nc2cccnc2Cl)cc1. The average molecular weight is 377 g/mol. The monoisotopic (exact) mass is 376 g/mol. The number of unbranched alkanes of at least 4 members (excludes halogenated alkanes) is 2. The number of carbonyl (C=O) groups excluding carboxylic acids is 2.